The molecule has 0 saturated heterocycles. The molecule has 1 atom stereocenters. The number of rotatable bonds is 4. The molecule has 0 bridgehead atoms. The Balaban J connectivity index is 2.38. The van der Waals surface area contributed by atoms with Gasteiger partial charge >= 0.3 is 18.3 Å². The van der Waals surface area contributed by atoms with Crippen LogP contribution < -0.4 is 15.6 Å². The fourth-order valence-electron chi connectivity index (χ4n) is 1.32. The number of ether oxygens (including phenoxy) is 3. The summed E-state index contributed by atoms with van der Waals surface area (Å²) in [6, 6.07) is 4.68. The van der Waals surface area contributed by atoms with Crippen molar-refractivity contribution in [1.82, 2.24) is 10.9 Å². The van der Waals surface area contributed by atoms with Crippen LogP contribution in [0.5, 0.6) is 5.75 Å². The molecular weight excluding hydrogens is 366 g/mol. The molecule has 0 aliphatic rings. The molecular formula is C14H19N3O8Si. The molecule has 26 heavy (non-hydrogen) atoms. The van der Waals surface area contributed by atoms with Crippen molar-refractivity contribution in [2.75, 3.05) is 0 Å². The van der Waals surface area contributed by atoms with E-state index in [1.807, 2.05) is 25.1 Å². The van der Waals surface area contributed by atoms with Gasteiger partial charge in [-0.1, -0.05) is 19.6 Å². The highest BCUT2D eigenvalue weighted by Gasteiger charge is 2.27. The van der Waals surface area contributed by atoms with E-state index in [0.29, 0.717) is 0 Å². The predicted molar refractivity (Wildman–Crippen MR) is 91.2 cm³/mol. The summed E-state index contributed by atoms with van der Waals surface area (Å²) in [4.78, 5) is 44.2. The summed E-state index contributed by atoms with van der Waals surface area (Å²) >= 11 is 0. The smallest absolute Gasteiger partial charge is 0.435 e. The van der Waals surface area contributed by atoms with Gasteiger partial charge in [0, 0.05) is 12.1 Å². The number of nitro benzene ring substituents is 1. The molecule has 142 valence electrons. The van der Waals surface area contributed by atoms with E-state index in [1.165, 1.54) is 12.1 Å². The van der Waals surface area contributed by atoms with Gasteiger partial charge < -0.3 is 14.2 Å². The Morgan fingerprint density at radius 2 is 1.62 bits per heavy atom. The number of carbonyl (C=O) groups is 3. The monoisotopic (exact) mass is 385 g/mol. The van der Waals surface area contributed by atoms with Crippen LogP contribution in [0, 0.1) is 10.1 Å². The zero-order chi connectivity index (χ0) is 19.9. The van der Waals surface area contributed by atoms with E-state index < -0.39 is 31.3 Å². The lowest BCUT2D eigenvalue weighted by Gasteiger charge is -2.24. The Morgan fingerprint density at radius 3 is 2.12 bits per heavy atom. The summed E-state index contributed by atoms with van der Waals surface area (Å²) in [6.45, 7) is 7.62. The van der Waals surface area contributed by atoms with Crippen LogP contribution in [0.25, 0.3) is 0 Å². The molecule has 11 nitrogen and oxygen atoms in total. The van der Waals surface area contributed by atoms with Gasteiger partial charge in [0.2, 0.25) is 0 Å². The van der Waals surface area contributed by atoms with Crippen molar-refractivity contribution in [2.24, 2.45) is 0 Å². The van der Waals surface area contributed by atoms with Crippen LogP contribution in [0.2, 0.25) is 19.6 Å². The number of hydrogen-bond acceptors (Lipinski definition) is 8. The van der Waals surface area contributed by atoms with E-state index in [0.717, 1.165) is 12.1 Å². The molecule has 1 unspecified atom stereocenters. The maximum atomic E-state index is 11.5. The lowest BCUT2D eigenvalue weighted by molar-refractivity contribution is -0.384. The van der Waals surface area contributed by atoms with Crippen LogP contribution >= 0.6 is 0 Å². The zero-order valence-electron chi connectivity index (χ0n) is 14.6. The molecule has 2 N–H and O–H groups in total. The minimum atomic E-state index is -1.75. The van der Waals surface area contributed by atoms with E-state index >= 15 is 0 Å². The minimum absolute atomic E-state index is 0.00615. The normalized spacial score (nSPS) is 11.7. The van der Waals surface area contributed by atoms with Crippen molar-refractivity contribution in [3.8, 4) is 5.75 Å². The highest BCUT2D eigenvalue weighted by atomic mass is 28.3. The van der Waals surface area contributed by atoms with Crippen LogP contribution in [0.1, 0.15) is 6.92 Å². The first-order valence-corrected chi connectivity index (χ1v) is 11.0. The number of nitrogens with zero attached hydrogens (tertiary/aromatic N) is 1. The lowest BCUT2D eigenvalue weighted by Crippen LogP contribution is -2.45. The van der Waals surface area contributed by atoms with Crippen molar-refractivity contribution in [3.05, 3.63) is 34.4 Å². The van der Waals surface area contributed by atoms with E-state index in [4.69, 9.17) is 9.47 Å². The highest BCUT2D eigenvalue weighted by Crippen LogP contribution is 2.17. The van der Waals surface area contributed by atoms with Crippen molar-refractivity contribution in [2.45, 2.75) is 32.3 Å². The second-order valence-corrected chi connectivity index (χ2v) is 11.7. The topological polar surface area (TPSA) is 146 Å². The van der Waals surface area contributed by atoms with E-state index in [1.54, 1.807) is 12.3 Å². The lowest BCUT2D eigenvalue weighted by atomic mass is 10.3. The van der Waals surface area contributed by atoms with Gasteiger partial charge in [-0.15, -0.1) is 0 Å². The molecule has 0 heterocycles. The average molecular weight is 385 g/mol. The number of benzene rings is 1. The molecule has 0 aromatic heterocycles. The van der Waals surface area contributed by atoms with Crippen molar-refractivity contribution in [3.63, 3.8) is 0 Å². The summed E-state index contributed by atoms with van der Waals surface area (Å²) < 4.78 is 14.0. The Hall–Kier alpha value is -3.15. The Kier molecular flexibility index (Phi) is 7.07. The second-order valence-electron chi connectivity index (χ2n) is 6.16. The third-order valence-electron chi connectivity index (χ3n) is 3.19. The molecule has 0 saturated carbocycles. The van der Waals surface area contributed by atoms with Gasteiger partial charge in [0.15, 0.2) is 0 Å². The Labute approximate surface area is 149 Å². The number of nitro groups is 1. The molecule has 1 rings (SSSR count). The fraction of sp³-hybridized carbons (Fsp3) is 0.357. The summed E-state index contributed by atoms with van der Waals surface area (Å²) in [5.74, 6) is 0.00615. The standard InChI is InChI=1S/C14H19N3O8Si/c1-9(26(2,3)4)23-14(20)25-13(19)16-15-12(18)24-11-7-5-10(6-8-11)17(21)22/h5-9H,1-4H3,(H,15,18)(H,16,19). The quantitative estimate of drug-likeness (QED) is 0.264. The SMILES string of the molecule is CC(OC(=O)OC(=O)NNC(=O)Oc1ccc([N+](=O)[O-])cc1)[Si](C)(C)C. The molecule has 2 amide bonds. The van der Waals surface area contributed by atoms with Gasteiger partial charge in [-0.3, -0.25) is 10.1 Å². The van der Waals surface area contributed by atoms with Gasteiger partial charge in [-0.2, -0.15) is 0 Å². The number of hydrazine groups is 1. The number of hydrogen-bond donors (Lipinski definition) is 2. The summed E-state index contributed by atoms with van der Waals surface area (Å²) in [5, 5.41) is 10.5. The van der Waals surface area contributed by atoms with E-state index in [2.05, 4.69) is 4.74 Å². The van der Waals surface area contributed by atoms with Gasteiger partial charge in [0.1, 0.15) is 5.75 Å². The van der Waals surface area contributed by atoms with Crippen LogP contribution in [-0.2, 0) is 9.47 Å². The largest absolute Gasteiger partial charge is 0.517 e. The van der Waals surface area contributed by atoms with Gasteiger partial charge in [0.05, 0.1) is 18.7 Å². The molecule has 0 aliphatic heterocycles. The van der Waals surface area contributed by atoms with Crippen molar-refractivity contribution >= 4 is 32.1 Å². The van der Waals surface area contributed by atoms with Crippen LogP contribution in [0.3, 0.4) is 0 Å². The first kappa shape index (κ1) is 20.9. The van der Waals surface area contributed by atoms with Crippen LogP contribution in [0.15, 0.2) is 24.3 Å². The van der Waals surface area contributed by atoms with E-state index in [-0.39, 0.29) is 17.2 Å². The third-order valence-corrected chi connectivity index (χ3v) is 5.75. The molecule has 1 aromatic rings. The molecule has 0 fully saturated rings. The second kappa shape index (κ2) is 8.80. The maximum absolute atomic E-state index is 11.5. The number of nitrogens with one attached hydrogen (secondary N) is 2. The summed E-state index contributed by atoms with van der Waals surface area (Å²) in [6.07, 6.45) is -3.55. The zero-order valence-corrected chi connectivity index (χ0v) is 15.6. The molecule has 0 radical (unpaired) electrons. The first-order chi connectivity index (χ1) is 12.0. The number of non-ortho nitro benzene ring substituents is 1. The molecule has 1 aromatic carbocycles. The summed E-state index contributed by atoms with van der Waals surface area (Å²) in [5.41, 5.74) is 3.08. The van der Waals surface area contributed by atoms with E-state index in [9.17, 15) is 24.5 Å². The van der Waals surface area contributed by atoms with Gasteiger partial charge in [-0.25, -0.2) is 25.2 Å². The average Bonchev–Trinajstić information content (AvgIpc) is 2.52. The molecule has 12 heteroatoms. The number of amides is 2. The maximum Gasteiger partial charge on any atom is 0.517 e. The van der Waals surface area contributed by atoms with Gasteiger partial charge in [-0.05, 0) is 19.1 Å². The Morgan fingerprint density at radius 1 is 1.08 bits per heavy atom. The van der Waals surface area contributed by atoms with Crippen LogP contribution in [0.4, 0.5) is 20.1 Å². The Bertz CT molecular complexity index is 686. The highest BCUT2D eigenvalue weighted by molar-refractivity contribution is 6.77. The van der Waals surface area contributed by atoms with Crippen molar-refractivity contribution < 1.29 is 33.5 Å². The molecule has 0 spiro atoms. The first-order valence-electron chi connectivity index (χ1n) is 7.39. The minimum Gasteiger partial charge on any atom is -0.435 e. The van der Waals surface area contributed by atoms with Gasteiger partial charge in [0.25, 0.3) is 5.69 Å². The predicted octanol–water partition coefficient (Wildman–Crippen LogP) is 2.73. The number of carbonyl (C=O) groups excluding carboxylic acids is 3. The summed E-state index contributed by atoms with van der Waals surface area (Å²) in [7, 11) is -1.75. The third kappa shape index (κ3) is 7.17. The molecule has 0 aliphatic carbocycles. The fourth-order valence-corrected chi connectivity index (χ4v) is 1.77. The van der Waals surface area contributed by atoms with Crippen LogP contribution in [-0.4, -0.2) is 37.1 Å². The van der Waals surface area contributed by atoms with Crippen molar-refractivity contribution in [1.29, 1.82) is 0 Å².